The summed E-state index contributed by atoms with van der Waals surface area (Å²) in [7, 11) is 1.50. The lowest BCUT2D eigenvalue weighted by atomic mass is 10.3. The monoisotopic (exact) mass is 314 g/mol. The number of nitrogens with one attached hydrogen (secondary N) is 1. The van der Waals surface area contributed by atoms with Gasteiger partial charge in [-0.15, -0.1) is 0 Å². The second-order valence-corrected chi connectivity index (χ2v) is 4.98. The largest absolute Gasteiger partial charge is 0.478 e. The van der Waals surface area contributed by atoms with Gasteiger partial charge < -0.3 is 5.11 Å². The van der Waals surface area contributed by atoms with E-state index in [1.54, 1.807) is 0 Å². The van der Waals surface area contributed by atoms with Crippen molar-refractivity contribution in [3.05, 3.63) is 43.6 Å². The molecule has 2 heterocycles. The highest BCUT2D eigenvalue weighted by Crippen LogP contribution is 2.29. The first-order valence-electron chi connectivity index (χ1n) is 5.12. The van der Waals surface area contributed by atoms with E-state index < -0.39 is 17.1 Å². The molecule has 2 rings (SSSR count). The molecule has 0 aliphatic heterocycles. The third-order valence-electron chi connectivity index (χ3n) is 2.19. The fourth-order valence-corrected chi connectivity index (χ4v) is 2.28. The van der Waals surface area contributed by atoms with E-state index in [0.29, 0.717) is 0 Å². The molecular weight excluding hydrogens is 308 g/mol. The summed E-state index contributed by atoms with van der Waals surface area (Å²) in [6.45, 7) is 0. The molecule has 0 saturated heterocycles. The summed E-state index contributed by atoms with van der Waals surface area (Å²) in [5.41, 5.74) is -1.82. The van der Waals surface area contributed by atoms with Crippen molar-refractivity contribution in [1.82, 2.24) is 19.7 Å². The molecule has 2 aromatic rings. The number of hydrogen-bond acceptors (Lipinski definition) is 6. The van der Waals surface area contributed by atoms with Crippen LogP contribution in [0.2, 0.25) is 5.02 Å². The van der Waals surface area contributed by atoms with Gasteiger partial charge >= 0.3 is 17.1 Å². The van der Waals surface area contributed by atoms with E-state index in [0.717, 1.165) is 18.0 Å². The lowest BCUT2D eigenvalue weighted by Crippen LogP contribution is -2.33. The molecule has 0 saturated carbocycles. The van der Waals surface area contributed by atoms with E-state index in [9.17, 15) is 14.4 Å². The summed E-state index contributed by atoms with van der Waals surface area (Å²) in [5.74, 6) is -1.15. The molecule has 0 bridgehead atoms. The average Bonchev–Trinajstić information content (AvgIpc) is 2.37. The first-order valence-corrected chi connectivity index (χ1v) is 6.32. The van der Waals surface area contributed by atoms with Crippen LogP contribution in [0.3, 0.4) is 0 Å². The van der Waals surface area contributed by atoms with Gasteiger partial charge in [0.15, 0.2) is 5.16 Å². The third kappa shape index (κ3) is 2.89. The Labute approximate surface area is 120 Å². The SMILES string of the molecule is Cn1[nH]c(=O)c(=O)nc1Sc1ncc(C(=O)O)cc1Cl. The highest BCUT2D eigenvalue weighted by Gasteiger charge is 2.12. The summed E-state index contributed by atoms with van der Waals surface area (Å²) in [5, 5.41) is 11.6. The van der Waals surface area contributed by atoms with Gasteiger partial charge in [-0.2, -0.15) is 4.98 Å². The van der Waals surface area contributed by atoms with Gasteiger partial charge in [-0.05, 0) is 17.8 Å². The minimum absolute atomic E-state index is 0.0531. The summed E-state index contributed by atoms with van der Waals surface area (Å²) < 4.78 is 1.25. The summed E-state index contributed by atoms with van der Waals surface area (Å²) in [4.78, 5) is 40.5. The maximum atomic E-state index is 11.2. The zero-order chi connectivity index (χ0) is 14.9. The molecule has 0 spiro atoms. The predicted octanol–water partition coefficient (Wildman–Crippen LogP) is 0.366. The fraction of sp³-hybridized carbons (Fsp3) is 0.100. The molecule has 0 unspecified atom stereocenters. The fourth-order valence-electron chi connectivity index (χ4n) is 1.26. The number of hydrogen-bond donors (Lipinski definition) is 2. The van der Waals surface area contributed by atoms with Crippen molar-refractivity contribution in [2.45, 2.75) is 10.2 Å². The van der Waals surface area contributed by atoms with Gasteiger partial charge in [0.05, 0.1) is 10.6 Å². The minimum Gasteiger partial charge on any atom is -0.478 e. The number of carboxylic acid groups (broad SMARTS) is 1. The normalized spacial score (nSPS) is 10.5. The molecule has 0 aliphatic carbocycles. The van der Waals surface area contributed by atoms with Gasteiger partial charge in [-0.3, -0.25) is 19.4 Å². The van der Waals surface area contributed by atoms with Crippen LogP contribution in [0.15, 0.2) is 32.0 Å². The summed E-state index contributed by atoms with van der Waals surface area (Å²) >= 11 is 6.84. The second-order valence-electron chi connectivity index (χ2n) is 3.62. The van der Waals surface area contributed by atoms with Crippen LogP contribution in [0.1, 0.15) is 10.4 Å². The third-order valence-corrected chi connectivity index (χ3v) is 3.66. The Morgan fingerprint density at radius 1 is 1.50 bits per heavy atom. The second kappa shape index (κ2) is 5.47. The molecule has 8 nitrogen and oxygen atoms in total. The Kier molecular flexibility index (Phi) is 3.91. The highest BCUT2D eigenvalue weighted by atomic mass is 35.5. The van der Waals surface area contributed by atoms with Crippen LogP contribution < -0.4 is 11.1 Å². The van der Waals surface area contributed by atoms with E-state index in [-0.39, 0.29) is 20.8 Å². The number of H-pyrrole nitrogens is 1. The van der Waals surface area contributed by atoms with Crippen molar-refractivity contribution < 1.29 is 9.90 Å². The van der Waals surface area contributed by atoms with Gasteiger partial charge in [0.25, 0.3) is 0 Å². The number of aromatic amines is 1. The number of nitrogens with zero attached hydrogens (tertiary/aromatic N) is 3. The lowest BCUT2D eigenvalue weighted by molar-refractivity contribution is 0.0696. The van der Waals surface area contributed by atoms with E-state index in [1.165, 1.54) is 17.8 Å². The molecule has 20 heavy (non-hydrogen) atoms. The van der Waals surface area contributed by atoms with Crippen LogP contribution in [0.5, 0.6) is 0 Å². The molecule has 2 N–H and O–H groups in total. The van der Waals surface area contributed by atoms with Crippen LogP contribution in [-0.4, -0.2) is 30.8 Å². The van der Waals surface area contributed by atoms with Crippen molar-refractivity contribution in [3.8, 4) is 0 Å². The zero-order valence-corrected chi connectivity index (χ0v) is 11.5. The van der Waals surface area contributed by atoms with Gasteiger partial charge in [0.2, 0.25) is 0 Å². The Bertz CT molecular complexity index is 801. The topological polar surface area (TPSA) is 118 Å². The predicted molar refractivity (Wildman–Crippen MR) is 70.4 cm³/mol. The molecule has 0 fully saturated rings. The maximum absolute atomic E-state index is 11.2. The van der Waals surface area contributed by atoms with E-state index >= 15 is 0 Å². The molecular formula is C10H7ClN4O4S. The van der Waals surface area contributed by atoms with Crippen molar-refractivity contribution in [2.24, 2.45) is 7.05 Å². The average molecular weight is 315 g/mol. The number of rotatable bonds is 3. The van der Waals surface area contributed by atoms with Crippen molar-refractivity contribution in [1.29, 1.82) is 0 Å². The lowest BCUT2D eigenvalue weighted by Gasteiger charge is -2.06. The standard InChI is InChI=1S/C10H7ClN4O4S/c1-15-10(13-6(16)7(17)14-15)20-8-5(11)2-4(3-12-8)9(18)19/h2-3H,1H3,(H,14,17)(H,18,19). The number of aromatic nitrogens is 4. The molecule has 104 valence electrons. The Hall–Kier alpha value is -2.13. The molecule has 0 atom stereocenters. The number of aromatic carboxylic acids is 1. The molecule has 0 radical (unpaired) electrons. The smallest absolute Gasteiger partial charge is 0.339 e. The molecule has 0 amide bonds. The van der Waals surface area contributed by atoms with E-state index in [4.69, 9.17) is 16.7 Å². The zero-order valence-electron chi connectivity index (χ0n) is 9.95. The van der Waals surface area contributed by atoms with Crippen LogP contribution in [0.4, 0.5) is 0 Å². The number of aryl methyl sites for hydroxylation is 1. The van der Waals surface area contributed by atoms with Crippen LogP contribution in [-0.2, 0) is 7.05 Å². The van der Waals surface area contributed by atoms with Crippen molar-refractivity contribution in [2.75, 3.05) is 0 Å². The molecule has 0 aromatic carbocycles. The number of carbonyl (C=O) groups is 1. The van der Waals surface area contributed by atoms with Crippen LogP contribution in [0.25, 0.3) is 0 Å². The number of carboxylic acids is 1. The van der Waals surface area contributed by atoms with E-state index in [1.807, 2.05) is 0 Å². The van der Waals surface area contributed by atoms with Gasteiger partial charge in [0.1, 0.15) is 5.03 Å². The van der Waals surface area contributed by atoms with Crippen molar-refractivity contribution >= 4 is 29.3 Å². The van der Waals surface area contributed by atoms with Crippen molar-refractivity contribution in [3.63, 3.8) is 0 Å². The summed E-state index contributed by atoms with van der Waals surface area (Å²) in [6.07, 6.45) is 1.14. The van der Waals surface area contributed by atoms with Gasteiger partial charge in [-0.1, -0.05) is 11.6 Å². The quantitative estimate of drug-likeness (QED) is 0.785. The molecule has 10 heteroatoms. The van der Waals surface area contributed by atoms with Crippen LogP contribution >= 0.6 is 23.4 Å². The Morgan fingerprint density at radius 2 is 2.20 bits per heavy atom. The molecule has 0 aliphatic rings. The highest BCUT2D eigenvalue weighted by molar-refractivity contribution is 7.99. The number of pyridine rings is 1. The maximum Gasteiger partial charge on any atom is 0.339 e. The first-order chi connectivity index (χ1) is 9.38. The molecule has 2 aromatic heterocycles. The Balaban J connectivity index is 2.40. The summed E-state index contributed by atoms with van der Waals surface area (Å²) in [6, 6.07) is 1.24. The number of halogens is 1. The van der Waals surface area contributed by atoms with E-state index in [2.05, 4.69) is 15.1 Å². The Morgan fingerprint density at radius 3 is 2.80 bits per heavy atom. The van der Waals surface area contributed by atoms with Gasteiger partial charge in [-0.25, -0.2) is 9.78 Å². The van der Waals surface area contributed by atoms with Crippen LogP contribution in [0, 0.1) is 0 Å². The first kappa shape index (κ1) is 14.3. The minimum atomic E-state index is -1.15. The van der Waals surface area contributed by atoms with Gasteiger partial charge in [0, 0.05) is 13.2 Å².